The summed E-state index contributed by atoms with van der Waals surface area (Å²) in [5.41, 5.74) is 2.61. The lowest BCUT2D eigenvalue weighted by molar-refractivity contribution is -0.116. The zero-order valence-corrected chi connectivity index (χ0v) is 15.9. The highest BCUT2D eigenvalue weighted by molar-refractivity contribution is 5.90. The molecule has 0 aliphatic carbocycles. The topological polar surface area (TPSA) is 75.1 Å². The summed E-state index contributed by atoms with van der Waals surface area (Å²) in [6.45, 7) is 4.31. The predicted octanol–water partition coefficient (Wildman–Crippen LogP) is 3.57. The van der Waals surface area contributed by atoms with Gasteiger partial charge in [-0.25, -0.2) is 4.98 Å². The number of nitrogens with zero attached hydrogens (tertiary/aromatic N) is 4. The molecule has 0 bridgehead atoms. The van der Waals surface area contributed by atoms with Crippen molar-refractivity contribution in [1.29, 1.82) is 0 Å². The van der Waals surface area contributed by atoms with Crippen LogP contribution in [0.4, 0.5) is 23.1 Å². The molecule has 4 rings (SSSR count). The standard InChI is InChI=1S/C21H24N6O/c1-16-14-19(25-21(22-16)27-12-4-5-13-27)23-17-6-8-18(9-7-17)24-20(28)15-26-10-2-3-11-26/h2-3,6-11,14H,4-5,12-13,15H2,1H3,(H,24,28)(H,22,23,25). The first-order valence-electron chi connectivity index (χ1n) is 9.54. The molecule has 28 heavy (non-hydrogen) atoms. The van der Waals surface area contributed by atoms with E-state index < -0.39 is 0 Å². The molecular formula is C21H24N6O. The second-order valence-electron chi connectivity index (χ2n) is 6.99. The van der Waals surface area contributed by atoms with Gasteiger partial charge in [-0.05, 0) is 56.2 Å². The van der Waals surface area contributed by atoms with Gasteiger partial charge < -0.3 is 20.1 Å². The SMILES string of the molecule is Cc1cc(Nc2ccc(NC(=O)Cn3cccc3)cc2)nc(N2CCCC2)n1. The molecule has 1 fully saturated rings. The maximum atomic E-state index is 12.1. The Kier molecular flexibility index (Phi) is 5.23. The number of hydrogen-bond acceptors (Lipinski definition) is 5. The van der Waals surface area contributed by atoms with E-state index >= 15 is 0 Å². The van der Waals surface area contributed by atoms with Crippen molar-refractivity contribution in [2.75, 3.05) is 28.6 Å². The lowest BCUT2D eigenvalue weighted by atomic mass is 10.2. The molecule has 144 valence electrons. The Morgan fingerprint density at radius 2 is 1.71 bits per heavy atom. The summed E-state index contributed by atoms with van der Waals surface area (Å²) in [5.74, 6) is 1.51. The Hall–Kier alpha value is -3.35. The van der Waals surface area contributed by atoms with E-state index in [-0.39, 0.29) is 5.91 Å². The van der Waals surface area contributed by atoms with E-state index in [9.17, 15) is 4.79 Å². The third-order valence-corrected chi connectivity index (χ3v) is 4.66. The van der Waals surface area contributed by atoms with E-state index in [0.717, 1.165) is 41.9 Å². The molecule has 0 unspecified atom stereocenters. The summed E-state index contributed by atoms with van der Waals surface area (Å²) in [7, 11) is 0. The third kappa shape index (κ3) is 4.49. The van der Waals surface area contributed by atoms with Crippen LogP contribution in [-0.2, 0) is 11.3 Å². The summed E-state index contributed by atoms with van der Waals surface area (Å²) in [5, 5.41) is 6.24. The van der Waals surface area contributed by atoms with Crippen molar-refractivity contribution in [3.8, 4) is 0 Å². The summed E-state index contributed by atoms with van der Waals surface area (Å²) >= 11 is 0. The van der Waals surface area contributed by atoms with Gasteiger partial charge in [0.15, 0.2) is 0 Å². The van der Waals surface area contributed by atoms with E-state index in [1.807, 2.05) is 66.3 Å². The summed E-state index contributed by atoms with van der Waals surface area (Å²) in [6, 6.07) is 13.4. The first-order valence-corrected chi connectivity index (χ1v) is 9.54. The minimum atomic E-state index is -0.0569. The highest BCUT2D eigenvalue weighted by Crippen LogP contribution is 2.22. The Bertz CT molecular complexity index is 930. The average molecular weight is 376 g/mol. The summed E-state index contributed by atoms with van der Waals surface area (Å²) in [4.78, 5) is 23.5. The normalized spacial score (nSPS) is 13.5. The van der Waals surface area contributed by atoms with Crippen LogP contribution in [0.15, 0.2) is 54.9 Å². The minimum absolute atomic E-state index is 0.0569. The second kappa shape index (κ2) is 8.12. The Labute approximate surface area is 164 Å². The van der Waals surface area contributed by atoms with E-state index in [1.54, 1.807) is 0 Å². The van der Waals surface area contributed by atoms with Gasteiger partial charge in [-0.3, -0.25) is 4.79 Å². The average Bonchev–Trinajstić information content (AvgIpc) is 3.37. The van der Waals surface area contributed by atoms with Gasteiger partial charge >= 0.3 is 0 Å². The highest BCUT2D eigenvalue weighted by atomic mass is 16.1. The molecule has 3 heterocycles. The molecule has 0 spiro atoms. The highest BCUT2D eigenvalue weighted by Gasteiger charge is 2.16. The Balaban J connectivity index is 1.39. The van der Waals surface area contributed by atoms with Gasteiger partial charge in [0.1, 0.15) is 12.4 Å². The number of hydrogen-bond donors (Lipinski definition) is 2. The van der Waals surface area contributed by atoms with Gasteiger partial charge in [0.2, 0.25) is 11.9 Å². The van der Waals surface area contributed by atoms with Gasteiger partial charge in [-0.1, -0.05) is 0 Å². The third-order valence-electron chi connectivity index (χ3n) is 4.66. The number of benzene rings is 1. The maximum Gasteiger partial charge on any atom is 0.244 e. The van der Waals surface area contributed by atoms with Crippen molar-refractivity contribution in [1.82, 2.24) is 14.5 Å². The number of amides is 1. The van der Waals surface area contributed by atoms with Crippen LogP contribution in [0.3, 0.4) is 0 Å². The molecular weight excluding hydrogens is 352 g/mol. The van der Waals surface area contributed by atoms with Crippen LogP contribution < -0.4 is 15.5 Å². The van der Waals surface area contributed by atoms with Crippen molar-refractivity contribution in [2.24, 2.45) is 0 Å². The molecule has 0 saturated carbocycles. The minimum Gasteiger partial charge on any atom is -0.345 e. The van der Waals surface area contributed by atoms with Crippen molar-refractivity contribution < 1.29 is 4.79 Å². The fourth-order valence-corrected chi connectivity index (χ4v) is 3.30. The van der Waals surface area contributed by atoms with Gasteiger partial charge in [-0.15, -0.1) is 0 Å². The molecule has 7 nitrogen and oxygen atoms in total. The molecule has 1 aliphatic heterocycles. The summed E-state index contributed by atoms with van der Waals surface area (Å²) < 4.78 is 1.83. The van der Waals surface area contributed by atoms with Crippen LogP contribution in [0, 0.1) is 6.92 Å². The lowest BCUT2D eigenvalue weighted by Gasteiger charge is -2.17. The Morgan fingerprint density at radius 1 is 1.04 bits per heavy atom. The molecule has 2 aromatic heterocycles. The molecule has 0 radical (unpaired) electrons. The van der Waals surface area contributed by atoms with Crippen molar-refractivity contribution in [2.45, 2.75) is 26.3 Å². The molecule has 1 saturated heterocycles. The van der Waals surface area contributed by atoms with E-state index in [0.29, 0.717) is 6.54 Å². The number of anilines is 4. The van der Waals surface area contributed by atoms with Crippen LogP contribution in [0.25, 0.3) is 0 Å². The molecule has 0 atom stereocenters. The molecule has 1 amide bonds. The number of aryl methyl sites for hydroxylation is 1. The quantitative estimate of drug-likeness (QED) is 0.688. The van der Waals surface area contributed by atoms with Crippen molar-refractivity contribution in [3.63, 3.8) is 0 Å². The van der Waals surface area contributed by atoms with Crippen LogP contribution in [0.1, 0.15) is 18.5 Å². The van der Waals surface area contributed by atoms with E-state index in [1.165, 1.54) is 12.8 Å². The molecule has 1 aliphatic rings. The zero-order chi connectivity index (χ0) is 19.3. The number of carbonyl (C=O) groups is 1. The van der Waals surface area contributed by atoms with E-state index in [4.69, 9.17) is 0 Å². The first kappa shape index (κ1) is 18.0. The molecule has 3 aromatic rings. The Morgan fingerprint density at radius 3 is 2.43 bits per heavy atom. The van der Waals surface area contributed by atoms with Crippen LogP contribution in [-0.4, -0.2) is 33.5 Å². The van der Waals surface area contributed by atoms with Gasteiger partial charge in [0, 0.05) is 48.6 Å². The monoisotopic (exact) mass is 376 g/mol. The molecule has 1 aromatic carbocycles. The fraction of sp³-hybridized carbons (Fsp3) is 0.286. The number of rotatable bonds is 6. The fourth-order valence-electron chi connectivity index (χ4n) is 3.30. The number of nitrogens with one attached hydrogen (secondary N) is 2. The molecule has 7 heteroatoms. The smallest absolute Gasteiger partial charge is 0.244 e. The van der Waals surface area contributed by atoms with Crippen molar-refractivity contribution >= 4 is 29.0 Å². The summed E-state index contributed by atoms with van der Waals surface area (Å²) in [6.07, 6.45) is 6.12. The zero-order valence-electron chi connectivity index (χ0n) is 15.9. The second-order valence-corrected chi connectivity index (χ2v) is 6.99. The van der Waals surface area contributed by atoms with Crippen LogP contribution in [0.2, 0.25) is 0 Å². The van der Waals surface area contributed by atoms with Gasteiger partial charge in [0.05, 0.1) is 0 Å². The predicted molar refractivity (Wildman–Crippen MR) is 111 cm³/mol. The van der Waals surface area contributed by atoms with E-state index in [2.05, 4.69) is 25.5 Å². The lowest BCUT2D eigenvalue weighted by Crippen LogP contribution is -2.21. The largest absolute Gasteiger partial charge is 0.345 e. The first-order chi connectivity index (χ1) is 13.7. The number of carbonyl (C=O) groups excluding carboxylic acids is 1. The number of aromatic nitrogens is 3. The molecule has 2 N–H and O–H groups in total. The van der Waals surface area contributed by atoms with Gasteiger partial charge in [-0.2, -0.15) is 4.98 Å². The van der Waals surface area contributed by atoms with Crippen molar-refractivity contribution in [3.05, 3.63) is 60.6 Å². The van der Waals surface area contributed by atoms with Crippen LogP contribution >= 0.6 is 0 Å². The van der Waals surface area contributed by atoms with Gasteiger partial charge in [0.25, 0.3) is 0 Å². The maximum absolute atomic E-state index is 12.1. The van der Waals surface area contributed by atoms with Crippen LogP contribution in [0.5, 0.6) is 0 Å².